The molecule has 0 aliphatic heterocycles. The standard InChI is InChI=1S/C14H15BrN2O3/c1-9-14(15)12(17(2)16-9)8-20-11-5-3-4-10(6-11)7-13(18)19/h3-6H,7-8H2,1-2H3,(H,18,19). The second-order valence-electron chi connectivity index (χ2n) is 4.48. The number of hydrogen-bond acceptors (Lipinski definition) is 3. The van der Waals surface area contributed by atoms with Crippen LogP contribution < -0.4 is 4.74 Å². The third kappa shape index (κ3) is 3.39. The van der Waals surface area contributed by atoms with Crippen molar-refractivity contribution in [3.63, 3.8) is 0 Å². The monoisotopic (exact) mass is 338 g/mol. The molecule has 0 bridgehead atoms. The number of carboxylic acids is 1. The molecule has 0 aliphatic rings. The van der Waals surface area contributed by atoms with Crippen molar-refractivity contribution in [3.05, 3.63) is 45.7 Å². The fraction of sp³-hybridized carbons (Fsp3) is 0.286. The van der Waals surface area contributed by atoms with Crippen LogP contribution in [-0.4, -0.2) is 20.9 Å². The topological polar surface area (TPSA) is 64.4 Å². The van der Waals surface area contributed by atoms with Crippen molar-refractivity contribution in [1.82, 2.24) is 9.78 Å². The Bertz CT molecular complexity index is 637. The smallest absolute Gasteiger partial charge is 0.307 e. The maximum absolute atomic E-state index is 10.7. The Kier molecular flexibility index (Phi) is 4.44. The molecule has 1 heterocycles. The Hall–Kier alpha value is -1.82. The van der Waals surface area contributed by atoms with Crippen LogP contribution in [0.4, 0.5) is 0 Å². The van der Waals surface area contributed by atoms with Crippen LogP contribution in [-0.2, 0) is 24.9 Å². The lowest BCUT2D eigenvalue weighted by atomic mass is 10.1. The molecule has 2 aromatic rings. The molecule has 0 aliphatic carbocycles. The van der Waals surface area contributed by atoms with Crippen molar-refractivity contribution < 1.29 is 14.6 Å². The quantitative estimate of drug-likeness (QED) is 0.910. The summed E-state index contributed by atoms with van der Waals surface area (Å²) in [6.45, 7) is 2.29. The van der Waals surface area contributed by atoms with Gasteiger partial charge in [0.2, 0.25) is 0 Å². The summed E-state index contributed by atoms with van der Waals surface area (Å²) < 4.78 is 8.40. The lowest BCUT2D eigenvalue weighted by molar-refractivity contribution is -0.136. The molecule has 5 nitrogen and oxygen atoms in total. The molecule has 1 N–H and O–H groups in total. The number of ether oxygens (including phenoxy) is 1. The Morgan fingerprint density at radius 2 is 2.25 bits per heavy atom. The van der Waals surface area contributed by atoms with Gasteiger partial charge in [-0.25, -0.2) is 0 Å². The molecule has 0 radical (unpaired) electrons. The summed E-state index contributed by atoms with van der Waals surface area (Å²) >= 11 is 3.48. The van der Waals surface area contributed by atoms with E-state index in [9.17, 15) is 4.79 Å². The first-order chi connectivity index (χ1) is 9.47. The summed E-state index contributed by atoms with van der Waals surface area (Å²) in [4.78, 5) is 10.7. The summed E-state index contributed by atoms with van der Waals surface area (Å²) in [6.07, 6.45) is -0.00822. The molecule has 0 unspecified atom stereocenters. The van der Waals surface area contributed by atoms with E-state index in [2.05, 4.69) is 21.0 Å². The van der Waals surface area contributed by atoms with Gasteiger partial charge in [0.25, 0.3) is 0 Å². The highest BCUT2D eigenvalue weighted by Gasteiger charge is 2.11. The second-order valence-corrected chi connectivity index (χ2v) is 5.27. The van der Waals surface area contributed by atoms with E-state index in [4.69, 9.17) is 9.84 Å². The molecule has 0 saturated carbocycles. The van der Waals surface area contributed by atoms with E-state index >= 15 is 0 Å². The van der Waals surface area contributed by atoms with Crippen molar-refractivity contribution in [2.75, 3.05) is 0 Å². The van der Waals surface area contributed by atoms with Gasteiger partial charge in [-0.1, -0.05) is 12.1 Å². The molecule has 1 aromatic heterocycles. The fourth-order valence-electron chi connectivity index (χ4n) is 1.91. The first-order valence-corrected chi connectivity index (χ1v) is 6.88. The lowest BCUT2D eigenvalue weighted by Crippen LogP contribution is -2.04. The molecule has 6 heteroatoms. The maximum atomic E-state index is 10.7. The number of carbonyl (C=O) groups is 1. The summed E-state index contributed by atoms with van der Waals surface area (Å²) in [7, 11) is 1.86. The van der Waals surface area contributed by atoms with E-state index in [1.165, 1.54) is 0 Å². The predicted octanol–water partition coefficient (Wildman–Crippen LogP) is 2.70. The number of rotatable bonds is 5. The SMILES string of the molecule is Cc1nn(C)c(COc2cccc(CC(=O)O)c2)c1Br. The van der Waals surface area contributed by atoms with E-state index in [-0.39, 0.29) is 6.42 Å². The van der Waals surface area contributed by atoms with Crippen molar-refractivity contribution >= 4 is 21.9 Å². The molecule has 0 saturated heterocycles. The molecule has 20 heavy (non-hydrogen) atoms. The van der Waals surface area contributed by atoms with Crippen molar-refractivity contribution in [3.8, 4) is 5.75 Å². The number of benzene rings is 1. The Balaban J connectivity index is 2.09. The Morgan fingerprint density at radius 3 is 2.85 bits per heavy atom. The van der Waals surface area contributed by atoms with Gasteiger partial charge < -0.3 is 9.84 Å². The maximum Gasteiger partial charge on any atom is 0.307 e. The van der Waals surface area contributed by atoms with Crippen LogP contribution in [0.3, 0.4) is 0 Å². The first-order valence-electron chi connectivity index (χ1n) is 6.09. The Labute approximate surface area is 125 Å². The highest BCUT2D eigenvalue weighted by atomic mass is 79.9. The van der Waals surface area contributed by atoms with E-state index in [0.29, 0.717) is 12.4 Å². The van der Waals surface area contributed by atoms with Gasteiger partial charge in [0.05, 0.1) is 22.3 Å². The minimum absolute atomic E-state index is 0.00822. The van der Waals surface area contributed by atoms with E-state index in [1.54, 1.807) is 22.9 Å². The van der Waals surface area contributed by atoms with Crippen LogP contribution in [0.1, 0.15) is 17.0 Å². The second kappa shape index (κ2) is 6.09. The predicted molar refractivity (Wildman–Crippen MR) is 77.8 cm³/mol. The molecule has 106 valence electrons. The Morgan fingerprint density at radius 1 is 1.50 bits per heavy atom. The molecular formula is C14H15BrN2O3. The van der Waals surface area contributed by atoms with Crippen molar-refractivity contribution in [2.45, 2.75) is 20.0 Å². The lowest BCUT2D eigenvalue weighted by Gasteiger charge is -2.08. The molecule has 2 rings (SSSR count). The van der Waals surface area contributed by atoms with Crippen LogP contribution in [0.15, 0.2) is 28.7 Å². The normalized spacial score (nSPS) is 10.6. The first kappa shape index (κ1) is 14.6. The summed E-state index contributed by atoms with van der Waals surface area (Å²) in [6, 6.07) is 7.11. The minimum Gasteiger partial charge on any atom is -0.487 e. The minimum atomic E-state index is -0.854. The number of carboxylic acid groups (broad SMARTS) is 1. The third-order valence-corrected chi connectivity index (χ3v) is 3.92. The zero-order valence-corrected chi connectivity index (χ0v) is 12.8. The molecule has 0 atom stereocenters. The van der Waals surface area contributed by atoms with E-state index < -0.39 is 5.97 Å². The molecule has 0 spiro atoms. The highest BCUT2D eigenvalue weighted by Crippen LogP contribution is 2.22. The number of hydrogen-bond donors (Lipinski definition) is 1. The summed E-state index contributed by atoms with van der Waals surface area (Å²) in [5, 5.41) is 13.1. The van der Waals surface area contributed by atoms with E-state index in [1.807, 2.05) is 20.0 Å². The fourth-order valence-corrected chi connectivity index (χ4v) is 2.36. The van der Waals surface area contributed by atoms with Gasteiger partial charge in [0.1, 0.15) is 12.4 Å². The van der Waals surface area contributed by atoms with Gasteiger partial charge >= 0.3 is 5.97 Å². The van der Waals surface area contributed by atoms with Crippen molar-refractivity contribution in [1.29, 1.82) is 0 Å². The van der Waals surface area contributed by atoms with Gasteiger partial charge in [-0.05, 0) is 40.5 Å². The number of aromatic nitrogens is 2. The van der Waals surface area contributed by atoms with Crippen LogP contribution in [0.2, 0.25) is 0 Å². The van der Waals surface area contributed by atoms with Gasteiger partial charge in [-0.3, -0.25) is 9.48 Å². The number of halogens is 1. The molecular weight excluding hydrogens is 324 g/mol. The molecule has 0 amide bonds. The average molecular weight is 339 g/mol. The zero-order valence-electron chi connectivity index (χ0n) is 11.3. The molecule has 1 aromatic carbocycles. The van der Waals surface area contributed by atoms with Gasteiger partial charge in [0.15, 0.2) is 0 Å². The van der Waals surface area contributed by atoms with Crippen LogP contribution in [0.5, 0.6) is 5.75 Å². The van der Waals surface area contributed by atoms with Crippen molar-refractivity contribution in [2.24, 2.45) is 7.05 Å². The highest BCUT2D eigenvalue weighted by molar-refractivity contribution is 9.10. The van der Waals surface area contributed by atoms with Gasteiger partial charge in [-0.15, -0.1) is 0 Å². The van der Waals surface area contributed by atoms with Gasteiger partial charge in [0, 0.05) is 7.05 Å². The van der Waals surface area contributed by atoms with Gasteiger partial charge in [-0.2, -0.15) is 5.10 Å². The van der Waals surface area contributed by atoms with E-state index in [0.717, 1.165) is 21.4 Å². The molecule has 0 fully saturated rings. The van der Waals surface area contributed by atoms with Crippen LogP contribution in [0, 0.1) is 6.92 Å². The van der Waals surface area contributed by atoms with Crippen LogP contribution in [0.25, 0.3) is 0 Å². The number of aryl methyl sites for hydroxylation is 2. The average Bonchev–Trinajstić information content (AvgIpc) is 2.61. The largest absolute Gasteiger partial charge is 0.487 e. The number of nitrogens with zero attached hydrogens (tertiary/aromatic N) is 2. The number of aliphatic carboxylic acids is 1. The third-order valence-electron chi connectivity index (χ3n) is 2.89. The van der Waals surface area contributed by atoms with Crippen LogP contribution >= 0.6 is 15.9 Å². The summed E-state index contributed by atoms with van der Waals surface area (Å²) in [5.41, 5.74) is 2.56. The summed E-state index contributed by atoms with van der Waals surface area (Å²) in [5.74, 6) is -0.207. The zero-order chi connectivity index (χ0) is 14.7.